The van der Waals surface area contributed by atoms with Crippen LogP contribution in [0.2, 0.25) is 0 Å². The molecule has 2 aromatic carbocycles. The van der Waals surface area contributed by atoms with Gasteiger partial charge in [-0.25, -0.2) is 9.78 Å². The van der Waals surface area contributed by atoms with Crippen molar-refractivity contribution in [3.63, 3.8) is 0 Å². The van der Waals surface area contributed by atoms with Crippen LogP contribution in [0.5, 0.6) is 0 Å². The second-order valence-corrected chi connectivity index (χ2v) is 7.79. The van der Waals surface area contributed by atoms with E-state index in [9.17, 15) is 14.4 Å². The number of thiophene rings is 1. The third-order valence-corrected chi connectivity index (χ3v) is 5.57. The summed E-state index contributed by atoms with van der Waals surface area (Å²) in [5, 5.41) is 4.77. The molecule has 150 valence electrons. The fourth-order valence-electron chi connectivity index (χ4n) is 3.00. The second kappa shape index (κ2) is 8.30. The summed E-state index contributed by atoms with van der Waals surface area (Å²) in [7, 11) is 0. The van der Waals surface area contributed by atoms with Crippen molar-refractivity contribution >= 4 is 39.2 Å². The third-order valence-electron chi connectivity index (χ3n) is 4.40. The molecule has 0 saturated heterocycles. The fourth-order valence-corrected chi connectivity index (χ4v) is 4.06. The van der Waals surface area contributed by atoms with E-state index in [4.69, 9.17) is 0 Å². The highest BCUT2D eigenvalue weighted by molar-refractivity contribution is 7.22. The number of hydrogen-bond acceptors (Lipinski definition) is 5. The number of amides is 3. The van der Waals surface area contributed by atoms with Gasteiger partial charge >= 0.3 is 6.03 Å². The second-order valence-electron chi connectivity index (χ2n) is 6.74. The minimum absolute atomic E-state index is 0.304. The number of anilines is 1. The highest BCUT2D eigenvalue weighted by atomic mass is 32.1. The van der Waals surface area contributed by atoms with Crippen molar-refractivity contribution in [2.24, 2.45) is 0 Å². The fraction of sp³-hybridized carbons (Fsp3) is 0.0909. The minimum Gasteiger partial charge on any atom is -0.308 e. The van der Waals surface area contributed by atoms with Gasteiger partial charge in [-0.3, -0.25) is 19.5 Å². The summed E-state index contributed by atoms with van der Waals surface area (Å²) in [5.41, 5.74) is 2.97. The molecule has 2 aromatic heterocycles. The Morgan fingerprint density at radius 2 is 1.87 bits per heavy atom. The first-order valence-electron chi connectivity index (χ1n) is 9.21. The number of carbonyl (C=O) groups is 2. The Morgan fingerprint density at radius 1 is 1.07 bits per heavy atom. The van der Waals surface area contributed by atoms with Gasteiger partial charge in [-0.1, -0.05) is 48.0 Å². The number of aromatic nitrogens is 2. The molecular formula is C22H18N4O3S. The lowest BCUT2D eigenvalue weighted by molar-refractivity contribution is -0.120. The van der Waals surface area contributed by atoms with Crippen molar-refractivity contribution in [1.82, 2.24) is 14.9 Å². The predicted molar refractivity (Wildman–Crippen MR) is 118 cm³/mol. The van der Waals surface area contributed by atoms with Crippen LogP contribution in [0, 0.1) is 6.92 Å². The smallest absolute Gasteiger partial charge is 0.308 e. The third kappa shape index (κ3) is 4.28. The number of rotatable bonds is 4. The number of aryl methyl sites for hydroxylation is 1. The maximum Gasteiger partial charge on any atom is 0.325 e. The Labute approximate surface area is 176 Å². The highest BCUT2D eigenvalue weighted by Crippen LogP contribution is 2.31. The van der Waals surface area contributed by atoms with Gasteiger partial charge < -0.3 is 5.32 Å². The average molecular weight is 418 g/mol. The molecular weight excluding hydrogens is 400 g/mol. The standard InChI is InChI=1S/C22H18N4O3S/c1-14-6-5-7-15(10-14)18-11-17-20(30-18)21(28)26(13-23-17)12-19(27)25-22(29)24-16-8-3-2-4-9-16/h2-11,13H,12H2,1H3,(H2,24,25,27,29). The van der Waals surface area contributed by atoms with Gasteiger partial charge in [-0.2, -0.15) is 0 Å². The Kier molecular flexibility index (Phi) is 5.40. The normalized spacial score (nSPS) is 10.7. The number of para-hydroxylation sites is 1. The molecule has 0 saturated carbocycles. The summed E-state index contributed by atoms with van der Waals surface area (Å²) in [4.78, 5) is 42.2. The monoisotopic (exact) mass is 418 g/mol. The summed E-state index contributed by atoms with van der Waals surface area (Å²) < 4.78 is 1.67. The van der Waals surface area contributed by atoms with Gasteiger partial charge in [0.05, 0.1) is 11.8 Å². The summed E-state index contributed by atoms with van der Waals surface area (Å²) >= 11 is 1.34. The minimum atomic E-state index is -0.661. The number of fused-ring (bicyclic) bond motifs is 1. The van der Waals surface area contributed by atoms with Crippen molar-refractivity contribution in [3.8, 4) is 10.4 Å². The van der Waals surface area contributed by atoms with E-state index in [-0.39, 0.29) is 12.1 Å². The number of carbonyl (C=O) groups excluding carboxylic acids is 2. The Morgan fingerprint density at radius 3 is 2.63 bits per heavy atom. The van der Waals surface area contributed by atoms with E-state index in [1.165, 1.54) is 22.2 Å². The number of imide groups is 1. The summed E-state index contributed by atoms with van der Waals surface area (Å²) in [6.45, 7) is 1.70. The van der Waals surface area contributed by atoms with Crippen LogP contribution in [0.1, 0.15) is 5.56 Å². The molecule has 30 heavy (non-hydrogen) atoms. The van der Waals surface area contributed by atoms with Gasteiger partial charge in [-0.15, -0.1) is 11.3 Å². The molecule has 0 aliphatic carbocycles. The van der Waals surface area contributed by atoms with Crippen molar-refractivity contribution < 1.29 is 9.59 Å². The van der Waals surface area contributed by atoms with Gasteiger partial charge in [-0.05, 0) is 30.7 Å². The lowest BCUT2D eigenvalue weighted by Gasteiger charge is -2.07. The highest BCUT2D eigenvalue weighted by Gasteiger charge is 2.14. The predicted octanol–water partition coefficient (Wildman–Crippen LogP) is 3.78. The molecule has 4 rings (SSSR count). The molecule has 4 aromatic rings. The molecule has 7 nitrogen and oxygen atoms in total. The van der Waals surface area contributed by atoms with Crippen LogP contribution in [-0.2, 0) is 11.3 Å². The van der Waals surface area contributed by atoms with Crippen LogP contribution in [0.25, 0.3) is 20.7 Å². The number of urea groups is 1. The maximum atomic E-state index is 12.8. The largest absolute Gasteiger partial charge is 0.325 e. The van der Waals surface area contributed by atoms with E-state index < -0.39 is 11.9 Å². The zero-order valence-corrected chi connectivity index (χ0v) is 16.9. The van der Waals surface area contributed by atoms with E-state index >= 15 is 0 Å². The van der Waals surface area contributed by atoms with E-state index in [2.05, 4.69) is 15.6 Å². The van der Waals surface area contributed by atoms with E-state index in [1.54, 1.807) is 24.3 Å². The zero-order chi connectivity index (χ0) is 21.1. The van der Waals surface area contributed by atoms with Crippen molar-refractivity contribution in [2.45, 2.75) is 13.5 Å². The first-order chi connectivity index (χ1) is 14.5. The van der Waals surface area contributed by atoms with Crippen LogP contribution in [0.4, 0.5) is 10.5 Å². The Hall–Kier alpha value is -3.78. The van der Waals surface area contributed by atoms with Gasteiger partial charge in [0.25, 0.3) is 5.56 Å². The number of benzene rings is 2. The van der Waals surface area contributed by atoms with Crippen molar-refractivity contribution in [3.05, 3.63) is 82.9 Å². The molecule has 0 spiro atoms. The Balaban J connectivity index is 1.50. The quantitative estimate of drug-likeness (QED) is 0.527. The van der Waals surface area contributed by atoms with E-state index in [1.807, 2.05) is 43.3 Å². The molecule has 0 aliphatic heterocycles. The van der Waals surface area contributed by atoms with Gasteiger partial charge in [0, 0.05) is 10.6 Å². The van der Waals surface area contributed by atoms with Crippen molar-refractivity contribution in [2.75, 3.05) is 5.32 Å². The van der Waals surface area contributed by atoms with E-state index in [0.29, 0.717) is 15.9 Å². The maximum absolute atomic E-state index is 12.8. The average Bonchev–Trinajstić information content (AvgIpc) is 3.16. The first kappa shape index (κ1) is 19.5. The SMILES string of the molecule is Cc1cccc(-c2cc3ncn(CC(=O)NC(=O)Nc4ccccc4)c(=O)c3s2)c1. The molecule has 0 unspecified atom stereocenters. The molecule has 3 amide bonds. The van der Waals surface area contributed by atoms with Crippen LogP contribution in [0.15, 0.2) is 71.8 Å². The van der Waals surface area contributed by atoms with Gasteiger partial charge in [0.2, 0.25) is 5.91 Å². The van der Waals surface area contributed by atoms with Crippen LogP contribution in [-0.4, -0.2) is 21.5 Å². The summed E-state index contributed by atoms with van der Waals surface area (Å²) in [6, 6.07) is 18.0. The summed E-state index contributed by atoms with van der Waals surface area (Å²) in [5.74, 6) is -0.609. The molecule has 0 radical (unpaired) electrons. The number of nitrogens with zero attached hydrogens (tertiary/aromatic N) is 2. The van der Waals surface area contributed by atoms with Crippen LogP contribution >= 0.6 is 11.3 Å². The first-order valence-corrected chi connectivity index (χ1v) is 10.0. The molecule has 2 N–H and O–H groups in total. The summed E-state index contributed by atoms with van der Waals surface area (Å²) in [6.07, 6.45) is 1.33. The molecule has 0 fully saturated rings. The number of nitrogens with one attached hydrogen (secondary N) is 2. The number of hydrogen-bond donors (Lipinski definition) is 2. The lowest BCUT2D eigenvalue weighted by atomic mass is 10.1. The zero-order valence-electron chi connectivity index (χ0n) is 16.1. The topological polar surface area (TPSA) is 93.1 Å². The van der Waals surface area contributed by atoms with Gasteiger partial charge in [0.1, 0.15) is 11.2 Å². The van der Waals surface area contributed by atoms with Crippen LogP contribution < -0.4 is 16.2 Å². The van der Waals surface area contributed by atoms with Crippen molar-refractivity contribution in [1.29, 1.82) is 0 Å². The molecule has 8 heteroatoms. The van der Waals surface area contributed by atoms with E-state index in [0.717, 1.165) is 16.0 Å². The van der Waals surface area contributed by atoms with Gasteiger partial charge in [0.15, 0.2) is 0 Å². The molecule has 0 bridgehead atoms. The molecule has 0 aliphatic rings. The lowest BCUT2D eigenvalue weighted by Crippen LogP contribution is -2.38. The molecule has 0 atom stereocenters. The van der Waals surface area contributed by atoms with Crippen LogP contribution in [0.3, 0.4) is 0 Å². The Bertz CT molecular complexity index is 1290. The molecule has 2 heterocycles.